The maximum absolute atomic E-state index is 9.94. The van der Waals surface area contributed by atoms with Crippen molar-refractivity contribution in [1.29, 1.82) is 0 Å². The summed E-state index contributed by atoms with van der Waals surface area (Å²) >= 11 is 0. The number of H-pyrrole nitrogens is 1. The Bertz CT molecular complexity index is 193. The Labute approximate surface area is 49.2 Å². The molecule has 1 aromatic rings. The van der Waals surface area contributed by atoms with E-state index in [0.29, 0.717) is 0 Å². The molecule has 0 unspecified atom stereocenters. The monoisotopic (exact) mass is 129 g/mol. The van der Waals surface area contributed by atoms with Crippen LogP contribution in [0.4, 0.5) is 4.79 Å². The zero-order chi connectivity index (χ0) is 6.69. The van der Waals surface area contributed by atoms with E-state index in [9.17, 15) is 4.79 Å². The number of aromatic amines is 1. The van der Waals surface area contributed by atoms with E-state index in [1.165, 1.54) is 0 Å². The molecule has 1 rings (SSSR count). The van der Waals surface area contributed by atoms with E-state index in [1.807, 2.05) is 0 Å². The zero-order valence-corrected chi connectivity index (χ0v) is 4.24. The third kappa shape index (κ3) is 1.37. The molecule has 7 heteroatoms. The number of carbonyl (C=O) groups excluding carboxylic acids is 1. The third-order valence-corrected chi connectivity index (χ3v) is 0.518. The summed E-state index contributed by atoms with van der Waals surface area (Å²) in [5.41, 5.74) is 4.60. The van der Waals surface area contributed by atoms with Gasteiger partial charge in [0.05, 0.1) is 0 Å². The predicted molar refractivity (Wildman–Crippen MR) is 24.4 cm³/mol. The molecule has 1 amide bonds. The second-order valence-corrected chi connectivity index (χ2v) is 1.12. The van der Waals surface area contributed by atoms with Crippen LogP contribution >= 0.6 is 0 Å². The van der Waals surface area contributed by atoms with Crippen LogP contribution in [0.2, 0.25) is 0 Å². The number of nitrogens with zero attached hydrogens (tertiary/aromatic N) is 3. The third-order valence-electron chi connectivity index (χ3n) is 0.518. The van der Waals surface area contributed by atoms with Crippen molar-refractivity contribution in [1.82, 2.24) is 20.6 Å². The first kappa shape index (κ1) is 5.48. The Hall–Kier alpha value is -1.66. The van der Waals surface area contributed by atoms with Gasteiger partial charge < -0.3 is 10.5 Å². The fourth-order valence-electron chi connectivity index (χ4n) is 0.286. The molecule has 0 bridgehead atoms. The molecule has 1 aromatic heterocycles. The molecule has 0 aliphatic carbocycles. The Kier molecular flexibility index (Phi) is 1.26. The number of nitrogens with two attached hydrogens (primary N) is 1. The number of rotatable bonds is 1. The molecule has 3 N–H and O–H groups in total. The highest BCUT2D eigenvalue weighted by Crippen LogP contribution is 1.91. The van der Waals surface area contributed by atoms with Gasteiger partial charge in [-0.05, 0) is 5.21 Å². The number of nitrogens with one attached hydrogen (secondary N) is 1. The van der Waals surface area contributed by atoms with Gasteiger partial charge in [0.25, 0.3) is 0 Å². The quantitative estimate of drug-likeness (QED) is 0.487. The van der Waals surface area contributed by atoms with E-state index in [2.05, 4.69) is 31.1 Å². The lowest BCUT2D eigenvalue weighted by Crippen LogP contribution is -2.16. The maximum Gasteiger partial charge on any atom is 0.412 e. The molecule has 0 fully saturated rings. The second kappa shape index (κ2) is 2.07. The van der Waals surface area contributed by atoms with Gasteiger partial charge in [-0.15, -0.1) is 0 Å². The zero-order valence-electron chi connectivity index (χ0n) is 4.24. The number of carbonyl (C=O) groups is 1. The fourth-order valence-corrected chi connectivity index (χ4v) is 0.286. The largest absolute Gasteiger partial charge is 0.412 e. The summed E-state index contributed by atoms with van der Waals surface area (Å²) in [7, 11) is 0. The molecule has 0 aliphatic rings. The van der Waals surface area contributed by atoms with Gasteiger partial charge in [0.15, 0.2) is 0 Å². The minimum atomic E-state index is -0.962. The highest BCUT2D eigenvalue weighted by Gasteiger charge is 2.00. The van der Waals surface area contributed by atoms with Crippen molar-refractivity contribution in [2.45, 2.75) is 0 Å². The van der Waals surface area contributed by atoms with Crippen molar-refractivity contribution >= 4 is 6.09 Å². The molecule has 0 saturated carbocycles. The van der Waals surface area contributed by atoms with Crippen molar-refractivity contribution in [2.24, 2.45) is 5.73 Å². The van der Waals surface area contributed by atoms with Gasteiger partial charge >= 0.3 is 12.1 Å². The summed E-state index contributed by atoms with van der Waals surface area (Å²) in [4.78, 5) is 9.94. The van der Waals surface area contributed by atoms with Crippen LogP contribution in [0.15, 0.2) is 0 Å². The predicted octanol–water partition coefficient (Wildman–Crippen LogP) is -1.34. The van der Waals surface area contributed by atoms with Crippen LogP contribution in [0.5, 0.6) is 6.01 Å². The molecule has 9 heavy (non-hydrogen) atoms. The first-order chi connectivity index (χ1) is 4.29. The second-order valence-electron chi connectivity index (χ2n) is 1.12. The van der Waals surface area contributed by atoms with E-state index in [1.54, 1.807) is 0 Å². The molecule has 7 nitrogen and oxygen atoms in total. The summed E-state index contributed by atoms with van der Waals surface area (Å²) in [6.45, 7) is 0. The normalized spacial score (nSPS) is 8.89. The maximum atomic E-state index is 9.94. The Morgan fingerprint density at radius 2 is 2.56 bits per heavy atom. The van der Waals surface area contributed by atoms with Crippen LogP contribution in [-0.2, 0) is 0 Å². The van der Waals surface area contributed by atoms with E-state index in [0.717, 1.165) is 0 Å². The molecular formula is C2H3N5O2. The lowest BCUT2D eigenvalue weighted by atomic mass is 11.1. The summed E-state index contributed by atoms with van der Waals surface area (Å²) in [5.74, 6) is 0. The molecular weight excluding hydrogens is 126 g/mol. The smallest absolute Gasteiger partial charge is 0.372 e. The van der Waals surface area contributed by atoms with Crippen molar-refractivity contribution in [3.05, 3.63) is 0 Å². The van der Waals surface area contributed by atoms with Crippen LogP contribution in [0, 0.1) is 0 Å². The fraction of sp³-hybridized carbons (Fsp3) is 0. The molecule has 0 aromatic carbocycles. The Morgan fingerprint density at radius 1 is 1.78 bits per heavy atom. The van der Waals surface area contributed by atoms with Gasteiger partial charge in [-0.3, -0.25) is 0 Å². The minimum absolute atomic E-state index is 0.178. The van der Waals surface area contributed by atoms with Crippen molar-refractivity contribution in [2.75, 3.05) is 0 Å². The van der Waals surface area contributed by atoms with Crippen LogP contribution in [0.1, 0.15) is 0 Å². The number of primary amides is 1. The summed E-state index contributed by atoms with van der Waals surface area (Å²) < 4.78 is 4.18. The first-order valence-electron chi connectivity index (χ1n) is 2.00. The van der Waals surface area contributed by atoms with Gasteiger partial charge in [0.1, 0.15) is 0 Å². The van der Waals surface area contributed by atoms with Gasteiger partial charge in [0.2, 0.25) is 0 Å². The van der Waals surface area contributed by atoms with Crippen molar-refractivity contribution in [3.8, 4) is 6.01 Å². The van der Waals surface area contributed by atoms with E-state index in [4.69, 9.17) is 0 Å². The van der Waals surface area contributed by atoms with Crippen LogP contribution in [0.25, 0.3) is 0 Å². The number of tetrazole rings is 1. The highest BCUT2D eigenvalue weighted by atomic mass is 16.6. The summed E-state index contributed by atoms with van der Waals surface area (Å²) in [5, 5.41) is 11.8. The average Bonchev–Trinajstić information content (AvgIpc) is 2.15. The number of ether oxygens (including phenoxy) is 1. The van der Waals surface area contributed by atoms with E-state index < -0.39 is 6.09 Å². The van der Waals surface area contributed by atoms with Crippen molar-refractivity contribution in [3.63, 3.8) is 0 Å². The molecule has 0 aliphatic heterocycles. The van der Waals surface area contributed by atoms with Gasteiger partial charge in [0, 0.05) is 0 Å². The molecule has 0 saturated heterocycles. The van der Waals surface area contributed by atoms with E-state index in [-0.39, 0.29) is 6.01 Å². The summed E-state index contributed by atoms with van der Waals surface area (Å²) in [6.07, 6.45) is -0.962. The Morgan fingerprint density at radius 3 is 3.00 bits per heavy atom. The van der Waals surface area contributed by atoms with Crippen LogP contribution in [-0.4, -0.2) is 26.7 Å². The van der Waals surface area contributed by atoms with Gasteiger partial charge in [-0.2, -0.15) is 5.21 Å². The lowest BCUT2D eigenvalue weighted by Gasteiger charge is -1.87. The van der Waals surface area contributed by atoms with Crippen molar-refractivity contribution < 1.29 is 9.53 Å². The van der Waals surface area contributed by atoms with Crippen LogP contribution in [0.3, 0.4) is 0 Å². The number of aromatic nitrogens is 4. The van der Waals surface area contributed by atoms with Gasteiger partial charge in [-0.1, -0.05) is 10.2 Å². The number of hydrogen-bond donors (Lipinski definition) is 2. The first-order valence-corrected chi connectivity index (χ1v) is 2.00. The standard InChI is InChI=1S/C2H3N5O2/c3-1(8)9-2-4-6-7-5-2/h(H2,3,8)(H,4,5,6,7). The van der Waals surface area contributed by atoms with Crippen LogP contribution < -0.4 is 10.5 Å². The lowest BCUT2D eigenvalue weighted by molar-refractivity contribution is 0.207. The molecule has 0 atom stereocenters. The Balaban J connectivity index is 2.58. The molecule has 48 valence electrons. The summed E-state index contributed by atoms with van der Waals surface area (Å²) in [6, 6.07) is -0.178. The minimum Gasteiger partial charge on any atom is -0.372 e. The molecule has 0 spiro atoms. The molecule has 1 heterocycles. The number of amides is 1. The number of hydrogen-bond acceptors (Lipinski definition) is 5. The average molecular weight is 129 g/mol. The SMILES string of the molecule is NC(=O)Oc1nn[nH]n1. The highest BCUT2D eigenvalue weighted by molar-refractivity contribution is 5.66. The van der Waals surface area contributed by atoms with E-state index >= 15 is 0 Å². The topological polar surface area (TPSA) is 107 Å². The van der Waals surface area contributed by atoms with Gasteiger partial charge in [-0.25, -0.2) is 4.79 Å². The molecule has 0 radical (unpaired) electrons.